The Balaban J connectivity index is 1.04. The maximum absolute atomic E-state index is 2.45. The van der Waals surface area contributed by atoms with E-state index in [-0.39, 0.29) is 0 Å². The van der Waals surface area contributed by atoms with Crippen LogP contribution in [0.3, 0.4) is 0 Å². The number of rotatable bonds is 9. The number of para-hydroxylation sites is 2. The Morgan fingerprint density at radius 3 is 1.72 bits per heavy atom. The summed E-state index contributed by atoms with van der Waals surface area (Å²) in [4.78, 5) is 4.88. The van der Waals surface area contributed by atoms with Gasteiger partial charge >= 0.3 is 0 Å². The first kappa shape index (κ1) is 35.3. The first-order valence-corrected chi connectivity index (χ1v) is 20.5. The van der Waals surface area contributed by atoms with Crippen LogP contribution in [0.25, 0.3) is 49.4 Å². The van der Waals surface area contributed by atoms with Gasteiger partial charge in [0.05, 0.1) is 11.4 Å². The molecule has 0 saturated carbocycles. The van der Waals surface area contributed by atoms with Crippen LogP contribution in [0.2, 0.25) is 0 Å². The molecule has 0 atom stereocenters. The monoisotopic (exact) mass is 744 g/mol. The molecule has 8 aromatic carbocycles. The predicted molar refractivity (Wildman–Crippen MR) is 248 cm³/mol. The van der Waals surface area contributed by atoms with E-state index < -0.39 is 0 Å². The van der Waals surface area contributed by atoms with E-state index in [9.17, 15) is 0 Å². The molecule has 10 rings (SSSR count). The molecule has 2 aliphatic rings. The van der Waals surface area contributed by atoms with E-state index in [0.29, 0.717) is 0 Å². The minimum absolute atomic E-state index is 0.971. The van der Waals surface area contributed by atoms with Crippen LogP contribution in [0.5, 0.6) is 0 Å². The molecule has 0 fully saturated rings. The summed E-state index contributed by atoms with van der Waals surface area (Å²) in [6, 6.07) is 68.6. The fourth-order valence-electron chi connectivity index (χ4n) is 8.76. The van der Waals surface area contributed by atoms with Gasteiger partial charge in [0.25, 0.3) is 0 Å². The molecule has 0 aromatic heterocycles. The van der Waals surface area contributed by atoms with Gasteiger partial charge in [0, 0.05) is 33.7 Å². The first-order chi connectivity index (χ1) is 28.8. The van der Waals surface area contributed by atoms with Crippen molar-refractivity contribution >= 4 is 49.9 Å². The van der Waals surface area contributed by atoms with E-state index in [1.54, 1.807) is 0 Å². The SMILES string of the molecule is C1=CC(N(c2ccc(-c3cccc4ccccc34)cc2)c2ccccc2-c2ccc(C3=C(N(c4ccccc4)c4cccc5ccccc45)C=CCC3)cc2)=CCC1. The number of hydrogen-bond acceptors (Lipinski definition) is 2. The van der Waals surface area contributed by atoms with Gasteiger partial charge in [-0.1, -0.05) is 170 Å². The number of allylic oxidation sites excluding steroid dienone is 6. The fraction of sp³-hybridized carbons (Fsp3) is 0.0714. The van der Waals surface area contributed by atoms with Crippen molar-refractivity contribution in [1.82, 2.24) is 0 Å². The van der Waals surface area contributed by atoms with E-state index in [1.165, 1.54) is 72.0 Å². The van der Waals surface area contributed by atoms with Gasteiger partial charge in [0.1, 0.15) is 0 Å². The predicted octanol–water partition coefficient (Wildman–Crippen LogP) is 15.6. The van der Waals surface area contributed by atoms with Gasteiger partial charge in [-0.2, -0.15) is 0 Å². The van der Waals surface area contributed by atoms with Crippen molar-refractivity contribution in [3.8, 4) is 22.3 Å². The average Bonchev–Trinajstić information content (AvgIpc) is 3.30. The summed E-state index contributed by atoms with van der Waals surface area (Å²) in [5.41, 5.74) is 14.5. The van der Waals surface area contributed by atoms with Crippen LogP contribution < -0.4 is 9.80 Å². The van der Waals surface area contributed by atoms with Crippen LogP contribution in [-0.4, -0.2) is 0 Å². The van der Waals surface area contributed by atoms with Crippen LogP contribution in [0.4, 0.5) is 22.7 Å². The molecule has 8 aromatic rings. The van der Waals surface area contributed by atoms with E-state index in [4.69, 9.17) is 0 Å². The summed E-state index contributed by atoms with van der Waals surface area (Å²) in [6.45, 7) is 0. The second-order valence-electron chi connectivity index (χ2n) is 15.1. The van der Waals surface area contributed by atoms with Gasteiger partial charge in [-0.05, 0) is 118 Å². The molecule has 2 aliphatic carbocycles. The van der Waals surface area contributed by atoms with Crippen molar-refractivity contribution in [2.45, 2.75) is 25.7 Å². The molecule has 0 bridgehead atoms. The first-order valence-electron chi connectivity index (χ1n) is 20.5. The second kappa shape index (κ2) is 15.8. The molecular weight excluding hydrogens is 701 g/mol. The van der Waals surface area contributed by atoms with Crippen molar-refractivity contribution in [3.63, 3.8) is 0 Å². The number of fused-ring (bicyclic) bond motifs is 2. The Bertz CT molecular complexity index is 2870. The van der Waals surface area contributed by atoms with Crippen molar-refractivity contribution in [1.29, 1.82) is 0 Å². The van der Waals surface area contributed by atoms with Crippen molar-refractivity contribution in [3.05, 3.63) is 235 Å². The Hall–Kier alpha value is -7.16. The van der Waals surface area contributed by atoms with Gasteiger partial charge < -0.3 is 9.80 Å². The Morgan fingerprint density at radius 2 is 0.931 bits per heavy atom. The number of benzene rings is 8. The lowest BCUT2D eigenvalue weighted by Crippen LogP contribution is -2.18. The lowest BCUT2D eigenvalue weighted by atomic mass is 9.91. The molecule has 2 heteroatoms. The normalized spacial score (nSPS) is 13.8. The summed E-state index contributed by atoms with van der Waals surface area (Å²) in [5, 5.41) is 5.01. The molecule has 0 amide bonds. The van der Waals surface area contributed by atoms with Gasteiger partial charge in [0.2, 0.25) is 0 Å². The molecule has 0 spiro atoms. The molecule has 0 saturated heterocycles. The van der Waals surface area contributed by atoms with Crippen molar-refractivity contribution in [2.75, 3.05) is 9.80 Å². The summed E-state index contributed by atoms with van der Waals surface area (Å²) in [7, 11) is 0. The molecular formula is C56H44N2. The van der Waals surface area contributed by atoms with Gasteiger partial charge in [-0.3, -0.25) is 0 Å². The Morgan fingerprint density at radius 1 is 0.362 bits per heavy atom. The second-order valence-corrected chi connectivity index (χ2v) is 15.1. The van der Waals surface area contributed by atoms with Crippen LogP contribution >= 0.6 is 0 Å². The van der Waals surface area contributed by atoms with Crippen LogP contribution in [0.1, 0.15) is 31.2 Å². The Kier molecular flexibility index (Phi) is 9.59. The van der Waals surface area contributed by atoms with Crippen molar-refractivity contribution < 1.29 is 0 Å². The van der Waals surface area contributed by atoms with Gasteiger partial charge in [0.15, 0.2) is 0 Å². The van der Waals surface area contributed by atoms with E-state index in [1.807, 2.05) is 0 Å². The summed E-state index contributed by atoms with van der Waals surface area (Å²) in [5.74, 6) is 0. The van der Waals surface area contributed by atoms with Gasteiger partial charge in [-0.15, -0.1) is 0 Å². The largest absolute Gasteiger partial charge is 0.310 e. The van der Waals surface area contributed by atoms with E-state index >= 15 is 0 Å². The molecule has 58 heavy (non-hydrogen) atoms. The molecule has 2 nitrogen and oxygen atoms in total. The molecule has 0 aliphatic heterocycles. The molecule has 0 unspecified atom stereocenters. The maximum atomic E-state index is 2.45. The standard InChI is InChI=1S/C56H44N2/c1-3-21-46(22-4-1)57(48-39-37-43(38-40-48)50-29-15-19-41-17-7-9-25-49(41)50)54-30-13-11-27-52(54)44-33-35-45(36-34-44)53-28-12-14-31-55(53)58(47-23-5-2-6-24-47)56-32-16-20-42-18-8-10-26-51(42)56/h2-3,5-11,13-27,29-40H,1,4,12,28H2. The quantitative estimate of drug-likeness (QED) is 0.145. The maximum Gasteiger partial charge on any atom is 0.0540 e. The number of anilines is 4. The highest BCUT2D eigenvalue weighted by Gasteiger charge is 2.23. The number of hydrogen-bond donors (Lipinski definition) is 0. The molecule has 278 valence electrons. The smallest absolute Gasteiger partial charge is 0.0540 e. The lowest BCUT2D eigenvalue weighted by molar-refractivity contribution is 0.997. The zero-order chi connectivity index (χ0) is 38.7. The number of nitrogens with zero attached hydrogens (tertiary/aromatic N) is 2. The molecule has 0 N–H and O–H groups in total. The van der Waals surface area contributed by atoms with Crippen LogP contribution in [0.15, 0.2) is 230 Å². The third-order valence-corrected chi connectivity index (χ3v) is 11.6. The zero-order valence-electron chi connectivity index (χ0n) is 32.5. The Labute approximate surface area is 341 Å². The lowest BCUT2D eigenvalue weighted by Gasteiger charge is -2.31. The highest BCUT2D eigenvalue weighted by molar-refractivity contribution is 5.99. The minimum Gasteiger partial charge on any atom is -0.310 e. The topological polar surface area (TPSA) is 6.48 Å². The zero-order valence-corrected chi connectivity index (χ0v) is 32.5. The van der Waals surface area contributed by atoms with Crippen LogP contribution in [0, 0.1) is 0 Å². The average molecular weight is 745 g/mol. The fourth-order valence-corrected chi connectivity index (χ4v) is 8.76. The molecule has 0 heterocycles. The summed E-state index contributed by atoms with van der Waals surface area (Å²) >= 11 is 0. The highest BCUT2D eigenvalue weighted by atomic mass is 15.2. The third-order valence-electron chi connectivity index (χ3n) is 11.6. The summed E-state index contributed by atoms with van der Waals surface area (Å²) < 4.78 is 0. The van der Waals surface area contributed by atoms with Crippen molar-refractivity contribution in [2.24, 2.45) is 0 Å². The van der Waals surface area contributed by atoms with E-state index in [2.05, 4.69) is 228 Å². The van der Waals surface area contributed by atoms with E-state index in [0.717, 1.165) is 42.7 Å². The van der Waals surface area contributed by atoms with Gasteiger partial charge in [-0.25, -0.2) is 0 Å². The molecule has 0 radical (unpaired) electrons. The third kappa shape index (κ3) is 6.73. The summed E-state index contributed by atoms with van der Waals surface area (Å²) in [6.07, 6.45) is 15.7. The van der Waals surface area contributed by atoms with Crippen LogP contribution in [-0.2, 0) is 0 Å². The minimum atomic E-state index is 0.971. The highest BCUT2D eigenvalue weighted by Crippen LogP contribution is 2.43.